The Morgan fingerprint density at radius 2 is 1.94 bits per heavy atom. The second-order valence-corrected chi connectivity index (χ2v) is 8.72. The highest BCUT2D eigenvalue weighted by atomic mass is 35.5. The molecule has 0 fully saturated rings. The van der Waals surface area contributed by atoms with Crippen LogP contribution in [0.25, 0.3) is 11.3 Å². The molecule has 2 amide bonds. The average Bonchev–Trinajstić information content (AvgIpc) is 3.14. The Hall–Kier alpha value is -3.00. The molecule has 0 radical (unpaired) electrons. The molecule has 9 heteroatoms. The van der Waals surface area contributed by atoms with Gasteiger partial charge in [-0.15, -0.1) is 0 Å². The van der Waals surface area contributed by atoms with Crippen LogP contribution in [-0.2, 0) is 11.3 Å². The number of hydrogen-bond donors (Lipinski definition) is 2. The zero-order valence-electron chi connectivity index (χ0n) is 18.0. The molecule has 170 valence electrons. The van der Waals surface area contributed by atoms with Crippen molar-refractivity contribution < 1.29 is 14.7 Å². The molecule has 4 rings (SSSR count). The largest absolute Gasteiger partial charge is 0.394 e. The lowest BCUT2D eigenvalue weighted by atomic mass is 10.0. The Labute approximate surface area is 201 Å². The molecule has 2 aromatic carbocycles. The van der Waals surface area contributed by atoms with E-state index in [2.05, 4.69) is 15.3 Å². The molecular formula is C24H22Cl2N4O3. The van der Waals surface area contributed by atoms with Gasteiger partial charge in [0.25, 0.3) is 5.91 Å². The van der Waals surface area contributed by atoms with Gasteiger partial charge in [0.15, 0.2) is 0 Å². The molecule has 0 saturated carbocycles. The summed E-state index contributed by atoms with van der Waals surface area (Å²) in [5, 5.41) is 13.0. The summed E-state index contributed by atoms with van der Waals surface area (Å²) < 4.78 is 0. The van der Waals surface area contributed by atoms with E-state index in [9.17, 15) is 14.7 Å². The number of aliphatic hydroxyl groups is 1. The minimum absolute atomic E-state index is 0.0557. The van der Waals surface area contributed by atoms with Crippen LogP contribution in [0, 0.1) is 6.92 Å². The van der Waals surface area contributed by atoms with Crippen LogP contribution in [0.5, 0.6) is 0 Å². The van der Waals surface area contributed by atoms with Crippen molar-refractivity contribution in [3.8, 4) is 11.3 Å². The topological polar surface area (TPSA) is 95.4 Å². The number of amides is 2. The number of carbonyl (C=O) groups excluding carboxylic acids is 2. The van der Waals surface area contributed by atoms with Crippen LogP contribution in [0.3, 0.4) is 0 Å². The van der Waals surface area contributed by atoms with Crippen LogP contribution < -0.4 is 5.32 Å². The molecule has 2 atom stereocenters. The Morgan fingerprint density at radius 3 is 2.64 bits per heavy atom. The first-order valence-electron chi connectivity index (χ1n) is 10.4. The van der Waals surface area contributed by atoms with Crippen LogP contribution in [0.2, 0.25) is 10.3 Å². The number of aromatic nitrogens is 2. The molecule has 3 aromatic rings. The number of nitrogens with zero attached hydrogens (tertiary/aromatic N) is 3. The summed E-state index contributed by atoms with van der Waals surface area (Å²) in [6.45, 7) is 3.69. The predicted molar refractivity (Wildman–Crippen MR) is 126 cm³/mol. The number of nitrogens with one attached hydrogen (secondary N) is 1. The Balaban J connectivity index is 1.52. The van der Waals surface area contributed by atoms with Gasteiger partial charge in [0.1, 0.15) is 6.04 Å². The average molecular weight is 485 g/mol. The van der Waals surface area contributed by atoms with Crippen molar-refractivity contribution in [1.29, 1.82) is 0 Å². The summed E-state index contributed by atoms with van der Waals surface area (Å²) in [4.78, 5) is 35.6. The molecule has 7 nitrogen and oxygen atoms in total. The first-order chi connectivity index (χ1) is 15.8. The number of carbonyl (C=O) groups is 2. The van der Waals surface area contributed by atoms with Gasteiger partial charge in [0.05, 0.1) is 29.6 Å². The maximum Gasteiger partial charge on any atom is 0.255 e. The normalized spacial score (nSPS) is 14.7. The fraction of sp³-hybridized carbons (Fsp3) is 0.250. The summed E-state index contributed by atoms with van der Waals surface area (Å²) in [7, 11) is 0. The first-order valence-corrected chi connectivity index (χ1v) is 11.1. The first kappa shape index (κ1) is 23.2. The van der Waals surface area contributed by atoms with E-state index in [1.54, 1.807) is 13.0 Å². The van der Waals surface area contributed by atoms with Crippen molar-refractivity contribution in [3.05, 3.63) is 81.2 Å². The summed E-state index contributed by atoms with van der Waals surface area (Å²) in [6, 6.07) is 11.6. The van der Waals surface area contributed by atoms with Gasteiger partial charge in [-0.25, -0.2) is 9.97 Å². The van der Waals surface area contributed by atoms with Crippen LogP contribution in [0.4, 0.5) is 0 Å². The van der Waals surface area contributed by atoms with Gasteiger partial charge in [0, 0.05) is 17.7 Å². The lowest BCUT2D eigenvalue weighted by Gasteiger charge is -2.26. The quantitative estimate of drug-likeness (QED) is 0.516. The standard InChI is InChI=1S/C24H22Cl2N4O3/c1-13-3-5-15(6-4-13)20(12-31)28-22(32)14(2)30-11-17-8-7-16(9-18(17)23(30)33)21-19(25)10-27-24(26)29-21/h3-10,14,20,31H,11-12H2,1-2H3,(H,28,32)/t14-,20-/m1/s1. The SMILES string of the molecule is Cc1ccc([C@@H](CO)NC(=O)[C@@H](C)N2Cc3ccc(-c4nc(Cl)ncc4Cl)cc3C2=O)cc1. The van der Waals surface area contributed by atoms with E-state index in [0.29, 0.717) is 28.4 Å². The van der Waals surface area contributed by atoms with Gasteiger partial charge in [-0.05, 0) is 42.6 Å². The lowest BCUT2D eigenvalue weighted by molar-refractivity contribution is -0.126. The van der Waals surface area contributed by atoms with E-state index in [1.165, 1.54) is 11.1 Å². The molecule has 0 aliphatic carbocycles. The maximum atomic E-state index is 13.1. The van der Waals surface area contributed by atoms with Crippen LogP contribution >= 0.6 is 23.2 Å². The van der Waals surface area contributed by atoms with Gasteiger partial charge in [0.2, 0.25) is 11.2 Å². The van der Waals surface area contributed by atoms with Gasteiger partial charge in [-0.3, -0.25) is 9.59 Å². The molecular weight excluding hydrogens is 463 g/mol. The molecule has 0 saturated heterocycles. The summed E-state index contributed by atoms with van der Waals surface area (Å²) >= 11 is 12.1. The van der Waals surface area contributed by atoms with Crippen molar-refractivity contribution >= 4 is 35.0 Å². The van der Waals surface area contributed by atoms with Gasteiger partial charge < -0.3 is 15.3 Å². The number of rotatable bonds is 6. The molecule has 2 heterocycles. The minimum Gasteiger partial charge on any atom is -0.394 e. The van der Waals surface area contributed by atoms with Crippen LogP contribution in [-0.4, -0.2) is 44.4 Å². The summed E-state index contributed by atoms with van der Waals surface area (Å²) in [5.74, 6) is -0.608. The second kappa shape index (κ2) is 9.47. The molecule has 1 aliphatic rings. The van der Waals surface area contributed by atoms with Gasteiger partial charge in [-0.2, -0.15) is 0 Å². The predicted octanol–water partition coefficient (Wildman–Crippen LogP) is 3.95. The van der Waals surface area contributed by atoms with Crippen molar-refractivity contribution in [2.75, 3.05) is 6.61 Å². The fourth-order valence-electron chi connectivity index (χ4n) is 3.80. The number of fused-ring (bicyclic) bond motifs is 1. The molecule has 1 aromatic heterocycles. The Kier molecular flexibility index (Phi) is 6.65. The smallest absolute Gasteiger partial charge is 0.255 e. The van der Waals surface area contributed by atoms with E-state index < -0.39 is 12.1 Å². The zero-order valence-corrected chi connectivity index (χ0v) is 19.6. The van der Waals surface area contributed by atoms with E-state index in [1.807, 2.05) is 43.3 Å². The van der Waals surface area contributed by atoms with Crippen LogP contribution in [0.1, 0.15) is 40.0 Å². The van der Waals surface area contributed by atoms with E-state index in [4.69, 9.17) is 23.2 Å². The fourth-order valence-corrected chi connectivity index (χ4v) is 4.13. The number of aryl methyl sites for hydroxylation is 1. The number of aliphatic hydroxyl groups excluding tert-OH is 1. The highest BCUT2D eigenvalue weighted by Crippen LogP contribution is 2.32. The summed E-state index contributed by atoms with van der Waals surface area (Å²) in [6.07, 6.45) is 1.41. The molecule has 0 spiro atoms. The second-order valence-electron chi connectivity index (χ2n) is 7.97. The van der Waals surface area contributed by atoms with Gasteiger partial charge in [-0.1, -0.05) is 53.6 Å². The third-order valence-corrected chi connectivity index (χ3v) is 6.21. The Bertz CT molecular complexity index is 1220. The minimum atomic E-state index is -0.732. The van der Waals surface area contributed by atoms with Crippen molar-refractivity contribution in [2.24, 2.45) is 0 Å². The Morgan fingerprint density at radius 1 is 1.21 bits per heavy atom. The lowest BCUT2D eigenvalue weighted by Crippen LogP contribution is -2.46. The van der Waals surface area contributed by atoms with Crippen molar-refractivity contribution in [2.45, 2.75) is 32.5 Å². The maximum absolute atomic E-state index is 13.1. The molecule has 2 N–H and O–H groups in total. The number of halogens is 2. The van der Waals surface area contributed by atoms with Crippen molar-refractivity contribution in [1.82, 2.24) is 20.2 Å². The van der Waals surface area contributed by atoms with E-state index >= 15 is 0 Å². The third-order valence-electron chi connectivity index (χ3n) is 5.76. The number of hydrogen-bond acceptors (Lipinski definition) is 5. The van der Waals surface area contributed by atoms with Crippen molar-refractivity contribution in [3.63, 3.8) is 0 Å². The molecule has 33 heavy (non-hydrogen) atoms. The van der Waals surface area contributed by atoms with E-state index in [-0.39, 0.29) is 23.7 Å². The van der Waals surface area contributed by atoms with Gasteiger partial charge >= 0.3 is 0 Å². The third kappa shape index (κ3) is 4.71. The molecule has 0 unspecified atom stereocenters. The van der Waals surface area contributed by atoms with Crippen LogP contribution in [0.15, 0.2) is 48.7 Å². The van der Waals surface area contributed by atoms with E-state index in [0.717, 1.165) is 16.7 Å². The number of benzene rings is 2. The highest BCUT2D eigenvalue weighted by molar-refractivity contribution is 6.33. The summed E-state index contributed by atoms with van der Waals surface area (Å²) in [5.41, 5.74) is 4.23. The highest BCUT2D eigenvalue weighted by Gasteiger charge is 2.35. The monoisotopic (exact) mass is 484 g/mol. The molecule has 1 aliphatic heterocycles. The zero-order chi connectivity index (χ0) is 23.7. The molecule has 0 bridgehead atoms.